The van der Waals surface area contributed by atoms with Gasteiger partial charge in [0.1, 0.15) is 11.3 Å². The van der Waals surface area contributed by atoms with Crippen LogP contribution in [0.1, 0.15) is 24.8 Å². The lowest BCUT2D eigenvalue weighted by atomic mass is 10.1. The number of hydrogen-bond donors (Lipinski definition) is 0. The first kappa shape index (κ1) is 20.7. The summed E-state index contributed by atoms with van der Waals surface area (Å²) in [5, 5.41) is 1.04. The molecule has 30 heavy (non-hydrogen) atoms. The van der Waals surface area contributed by atoms with Gasteiger partial charge in [0.25, 0.3) is 0 Å². The highest BCUT2D eigenvalue weighted by atomic mass is 32.2. The van der Waals surface area contributed by atoms with Crippen molar-refractivity contribution in [1.82, 2.24) is 4.90 Å². The molecule has 3 aromatic rings. The summed E-state index contributed by atoms with van der Waals surface area (Å²) in [6.07, 6.45) is 5.91. The van der Waals surface area contributed by atoms with Crippen LogP contribution in [0.25, 0.3) is 22.3 Å². The molecular formula is C24H27NO4S. The molecule has 0 bridgehead atoms. The molecule has 6 heteroatoms. The average Bonchev–Trinajstić information content (AvgIpc) is 3.17. The maximum atomic E-state index is 12.7. The molecule has 0 aliphatic carbocycles. The van der Waals surface area contributed by atoms with Crippen molar-refractivity contribution in [3.63, 3.8) is 0 Å². The summed E-state index contributed by atoms with van der Waals surface area (Å²) in [7, 11) is 3.25. The first-order chi connectivity index (χ1) is 14.6. The molecule has 0 saturated carbocycles. The second-order valence-electron chi connectivity index (χ2n) is 7.48. The molecule has 0 radical (unpaired) electrons. The van der Waals surface area contributed by atoms with Crippen LogP contribution in [0.3, 0.4) is 0 Å². The van der Waals surface area contributed by atoms with Gasteiger partial charge in [-0.1, -0.05) is 6.07 Å². The Bertz CT molecular complexity index is 1050. The van der Waals surface area contributed by atoms with Crippen LogP contribution >= 0.6 is 11.8 Å². The van der Waals surface area contributed by atoms with Gasteiger partial charge in [-0.3, -0.25) is 4.79 Å². The molecule has 2 aromatic carbocycles. The molecule has 2 heterocycles. The van der Waals surface area contributed by atoms with Crippen molar-refractivity contribution < 1.29 is 18.7 Å². The van der Waals surface area contributed by atoms with Crippen LogP contribution in [-0.2, 0) is 11.2 Å². The molecule has 1 saturated heterocycles. The number of benzene rings is 2. The summed E-state index contributed by atoms with van der Waals surface area (Å²) in [5.41, 5.74) is 2.77. The van der Waals surface area contributed by atoms with Crippen molar-refractivity contribution in [3.8, 4) is 22.8 Å². The number of carbonyl (C=O) groups is 1. The summed E-state index contributed by atoms with van der Waals surface area (Å²) in [5.74, 6) is 2.36. The number of furan rings is 1. The van der Waals surface area contributed by atoms with Gasteiger partial charge in [0.15, 0.2) is 11.5 Å². The number of piperidine rings is 1. The zero-order chi connectivity index (χ0) is 21.1. The van der Waals surface area contributed by atoms with Gasteiger partial charge in [-0.25, -0.2) is 0 Å². The van der Waals surface area contributed by atoms with Gasteiger partial charge in [-0.15, -0.1) is 11.8 Å². The van der Waals surface area contributed by atoms with Crippen molar-refractivity contribution in [2.75, 3.05) is 33.6 Å². The van der Waals surface area contributed by atoms with Crippen LogP contribution < -0.4 is 9.47 Å². The Labute approximate surface area is 181 Å². The molecule has 1 amide bonds. The number of likely N-dealkylation sites (tertiary alicyclic amines) is 1. The summed E-state index contributed by atoms with van der Waals surface area (Å²) in [6, 6.07) is 11.8. The van der Waals surface area contributed by atoms with E-state index < -0.39 is 0 Å². The first-order valence-corrected chi connectivity index (χ1v) is 11.5. The molecule has 5 nitrogen and oxygen atoms in total. The molecule has 0 unspecified atom stereocenters. The number of rotatable bonds is 6. The summed E-state index contributed by atoms with van der Waals surface area (Å²) >= 11 is 1.64. The molecule has 0 atom stereocenters. The zero-order valence-electron chi connectivity index (χ0n) is 17.7. The molecule has 158 valence electrons. The van der Waals surface area contributed by atoms with E-state index >= 15 is 0 Å². The molecule has 1 fully saturated rings. The Hall–Kier alpha value is -2.60. The number of amides is 1. The Morgan fingerprint density at radius 3 is 2.50 bits per heavy atom. The lowest BCUT2D eigenvalue weighted by Crippen LogP contribution is -2.36. The van der Waals surface area contributed by atoms with Crippen molar-refractivity contribution in [2.45, 2.75) is 30.6 Å². The number of methoxy groups -OCH3 is 2. The number of carbonyl (C=O) groups excluding carboxylic acids is 1. The van der Waals surface area contributed by atoms with Gasteiger partial charge in [-0.2, -0.15) is 0 Å². The molecule has 1 aliphatic rings. The minimum atomic E-state index is 0.211. The van der Waals surface area contributed by atoms with Gasteiger partial charge < -0.3 is 18.8 Å². The molecule has 4 rings (SSSR count). The summed E-state index contributed by atoms with van der Waals surface area (Å²) < 4.78 is 17.0. The molecular weight excluding hydrogens is 398 g/mol. The quantitative estimate of drug-likeness (QED) is 0.495. The van der Waals surface area contributed by atoms with E-state index in [0.717, 1.165) is 58.7 Å². The predicted molar refractivity (Wildman–Crippen MR) is 121 cm³/mol. The number of ether oxygens (including phenoxy) is 2. The number of thioether (sulfide) groups is 1. The fourth-order valence-corrected chi connectivity index (χ4v) is 4.76. The number of nitrogens with zero attached hydrogens (tertiary/aromatic N) is 1. The summed E-state index contributed by atoms with van der Waals surface area (Å²) in [4.78, 5) is 15.7. The van der Waals surface area contributed by atoms with Crippen LogP contribution in [-0.4, -0.2) is 44.4 Å². The second-order valence-corrected chi connectivity index (χ2v) is 8.30. The van der Waals surface area contributed by atoms with Gasteiger partial charge in [0.2, 0.25) is 5.91 Å². The third kappa shape index (κ3) is 4.01. The molecule has 0 spiro atoms. The Morgan fingerprint density at radius 2 is 1.80 bits per heavy atom. The largest absolute Gasteiger partial charge is 0.493 e. The van der Waals surface area contributed by atoms with Crippen LogP contribution in [0.15, 0.2) is 45.7 Å². The molecule has 1 aliphatic heterocycles. The van der Waals surface area contributed by atoms with Crippen molar-refractivity contribution in [1.29, 1.82) is 0 Å². The van der Waals surface area contributed by atoms with Gasteiger partial charge in [0.05, 0.1) is 25.5 Å². The SMILES string of the molecule is COc1ccc(-c2oc3ccc(CC(=O)N4CCCCC4)cc3c2SC)cc1OC. The smallest absolute Gasteiger partial charge is 0.226 e. The predicted octanol–water partition coefficient (Wildman–Crippen LogP) is 5.39. The Balaban J connectivity index is 1.67. The molecule has 1 aromatic heterocycles. The Morgan fingerprint density at radius 1 is 1.03 bits per heavy atom. The topological polar surface area (TPSA) is 51.9 Å². The monoisotopic (exact) mass is 425 g/mol. The maximum Gasteiger partial charge on any atom is 0.226 e. The number of hydrogen-bond acceptors (Lipinski definition) is 5. The van der Waals surface area contributed by atoms with Crippen LogP contribution in [0.2, 0.25) is 0 Å². The van der Waals surface area contributed by atoms with E-state index in [1.54, 1.807) is 26.0 Å². The zero-order valence-corrected chi connectivity index (χ0v) is 18.5. The summed E-state index contributed by atoms with van der Waals surface area (Å²) in [6.45, 7) is 1.76. The van der Waals surface area contributed by atoms with Crippen LogP contribution in [0.5, 0.6) is 11.5 Å². The van der Waals surface area contributed by atoms with Gasteiger partial charge in [0, 0.05) is 24.0 Å². The van der Waals surface area contributed by atoms with Crippen LogP contribution in [0.4, 0.5) is 0 Å². The standard InChI is InChI=1S/C24H27NO4S/c1-27-20-10-8-17(15-21(20)28-2)23-24(30-3)18-13-16(7-9-19(18)29-23)14-22(26)25-11-5-4-6-12-25/h7-10,13,15H,4-6,11-12,14H2,1-3H3. The first-order valence-electron chi connectivity index (χ1n) is 10.2. The van der Waals surface area contributed by atoms with E-state index in [0.29, 0.717) is 17.9 Å². The highest BCUT2D eigenvalue weighted by Gasteiger charge is 2.20. The van der Waals surface area contributed by atoms with Gasteiger partial charge in [-0.05, 0) is 61.4 Å². The van der Waals surface area contributed by atoms with Crippen LogP contribution in [0, 0.1) is 0 Å². The lowest BCUT2D eigenvalue weighted by molar-refractivity contribution is -0.131. The third-order valence-corrected chi connectivity index (χ3v) is 6.43. The lowest BCUT2D eigenvalue weighted by Gasteiger charge is -2.26. The van der Waals surface area contributed by atoms with E-state index in [-0.39, 0.29) is 5.91 Å². The van der Waals surface area contributed by atoms with E-state index in [1.165, 1.54) is 6.42 Å². The minimum absolute atomic E-state index is 0.211. The van der Waals surface area contributed by atoms with E-state index in [2.05, 4.69) is 6.07 Å². The average molecular weight is 426 g/mol. The van der Waals surface area contributed by atoms with Gasteiger partial charge >= 0.3 is 0 Å². The number of fused-ring (bicyclic) bond motifs is 1. The van der Waals surface area contributed by atoms with Crippen molar-refractivity contribution in [2.24, 2.45) is 0 Å². The maximum absolute atomic E-state index is 12.7. The molecule has 0 N–H and O–H groups in total. The highest BCUT2D eigenvalue weighted by molar-refractivity contribution is 7.99. The normalized spacial score (nSPS) is 14.2. The van der Waals surface area contributed by atoms with E-state index in [9.17, 15) is 4.79 Å². The van der Waals surface area contributed by atoms with E-state index in [1.807, 2.05) is 41.5 Å². The minimum Gasteiger partial charge on any atom is -0.493 e. The van der Waals surface area contributed by atoms with Crippen molar-refractivity contribution in [3.05, 3.63) is 42.0 Å². The second kappa shape index (κ2) is 9.04. The fraction of sp³-hybridized carbons (Fsp3) is 0.375. The highest BCUT2D eigenvalue weighted by Crippen LogP contribution is 2.42. The van der Waals surface area contributed by atoms with Crippen molar-refractivity contribution >= 4 is 28.6 Å². The van der Waals surface area contributed by atoms with E-state index in [4.69, 9.17) is 13.9 Å². The third-order valence-electron chi connectivity index (χ3n) is 5.62. The Kier molecular flexibility index (Phi) is 6.23. The fourth-order valence-electron chi connectivity index (χ4n) is 4.03.